The van der Waals surface area contributed by atoms with Crippen molar-refractivity contribution >= 4 is 27.5 Å². The maximum atomic E-state index is 9.03. The molecule has 0 fully saturated rings. The molecule has 22 heavy (non-hydrogen) atoms. The van der Waals surface area contributed by atoms with Crippen molar-refractivity contribution in [1.82, 2.24) is 4.98 Å². The standard InChI is InChI=1S/C16H14BrClN2O2/c1-4-13-9(2)20-16(21-3)14(17)15(13)22-12-6-10(8-19)5-11(18)7-12/h5-7H,4H2,1-3H3. The molecule has 2 rings (SSSR count). The van der Waals surface area contributed by atoms with Gasteiger partial charge in [0.05, 0.1) is 18.7 Å². The first kappa shape index (κ1) is 16.6. The molecule has 0 aliphatic carbocycles. The van der Waals surface area contributed by atoms with Gasteiger partial charge in [-0.25, -0.2) is 4.98 Å². The van der Waals surface area contributed by atoms with Crippen LogP contribution in [0.3, 0.4) is 0 Å². The Morgan fingerprint density at radius 2 is 2.09 bits per heavy atom. The Bertz CT molecular complexity index is 757. The molecule has 4 nitrogen and oxygen atoms in total. The average molecular weight is 382 g/mol. The summed E-state index contributed by atoms with van der Waals surface area (Å²) >= 11 is 9.49. The maximum Gasteiger partial charge on any atom is 0.231 e. The molecule has 1 aromatic heterocycles. The Kier molecular flexibility index (Phi) is 5.28. The quantitative estimate of drug-likeness (QED) is 0.744. The van der Waals surface area contributed by atoms with E-state index in [-0.39, 0.29) is 0 Å². The topological polar surface area (TPSA) is 55.1 Å². The molecular weight excluding hydrogens is 368 g/mol. The van der Waals surface area contributed by atoms with E-state index in [9.17, 15) is 0 Å². The number of halogens is 2. The molecule has 0 unspecified atom stereocenters. The summed E-state index contributed by atoms with van der Waals surface area (Å²) in [4.78, 5) is 4.39. The Hall–Kier alpha value is -1.77. The fourth-order valence-electron chi connectivity index (χ4n) is 2.12. The first-order valence-electron chi connectivity index (χ1n) is 6.61. The number of aromatic nitrogens is 1. The first-order valence-corrected chi connectivity index (χ1v) is 7.78. The lowest BCUT2D eigenvalue weighted by Gasteiger charge is -2.16. The summed E-state index contributed by atoms with van der Waals surface area (Å²) in [6.45, 7) is 3.92. The van der Waals surface area contributed by atoms with Gasteiger partial charge in [0.2, 0.25) is 5.88 Å². The minimum atomic E-state index is 0.439. The van der Waals surface area contributed by atoms with E-state index in [1.807, 2.05) is 13.8 Å². The molecule has 0 spiro atoms. The van der Waals surface area contributed by atoms with Gasteiger partial charge in [0.1, 0.15) is 10.2 Å². The summed E-state index contributed by atoms with van der Waals surface area (Å²) < 4.78 is 11.9. The predicted octanol–water partition coefficient (Wildman–Crippen LogP) is 5.04. The van der Waals surface area contributed by atoms with Crippen LogP contribution in [-0.4, -0.2) is 12.1 Å². The number of aryl methyl sites for hydroxylation is 1. The van der Waals surface area contributed by atoms with E-state index in [0.29, 0.717) is 32.4 Å². The summed E-state index contributed by atoms with van der Waals surface area (Å²) in [6, 6.07) is 6.95. The molecule has 0 atom stereocenters. The van der Waals surface area contributed by atoms with Crippen molar-refractivity contribution in [3.8, 4) is 23.4 Å². The number of nitriles is 1. The van der Waals surface area contributed by atoms with Crippen molar-refractivity contribution in [2.45, 2.75) is 20.3 Å². The number of benzene rings is 1. The minimum absolute atomic E-state index is 0.439. The van der Waals surface area contributed by atoms with Gasteiger partial charge in [-0.2, -0.15) is 5.26 Å². The number of methoxy groups -OCH3 is 1. The predicted molar refractivity (Wildman–Crippen MR) is 88.8 cm³/mol. The van der Waals surface area contributed by atoms with Crippen molar-refractivity contribution < 1.29 is 9.47 Å². The van der Waals surface area contributed by atoms with Crippen LogP contribution in [0.25, 0.3) is 0 Å². The molecule has 0 saturated carbocycles. The lowest BCUT2D eigenvalue weighted by atomic mass is 10.1. The third-order valence-electron chi connectivity index (χ3n) is 3.13. The molecule has 6 heteroatoms. The van der Waals surface area contributed by atoms with Crippen LogP contribution in [0.4, 0.5) is 0 Å². The zero-order valence-corrected chi connectivity index (χ0v) is 14.7. The van der Waals surface area contributed by atoms with Crippen LogP contribution in [0.2, 0.25) is 5.02 Å². The number of pyridine rings is 1. The normalized spacial score (nSPS) is 10.2. The van der Waals surface area contributed by atoms with Crippen LogP contribution in [-0.2, 0) is 6.42 Å². The van der Waals surface area contributed by atoms with Crippen LogP contribution < -0.4 is 9.47 Å². The monoisotopic (exact) mass is 380 g/mol. The van der Waals surface area contributed by atoms with Gasteiger partial charge in [-0.3, -0.25) is 0 Å². The lowest BCUT2D eigenvalue weighted by molar-refractivity contribution is 0.386. The third-order valence-corrected chi connectivity index (χ3v) is 4.05. The van der Waals surface area contributed by atoms with E-state index in [1.165, 1.54) is 0 Å². The Labute approximate surface area is 142 Å². The van der Waals surface area contributed by atoms with Gasteiger partial charge in [0.25, 0.3) is 0 Å². The molecule has 0 amide bonds. The van der Waals surface area contributed by atoms with Crippen LogP contribution in [0.5, 0.6) is 17.4 Å². The lowest BCUT2D eigenvalue weighted by Crippen LogP contribution is -2.01. The fourth-order valence-corrected chi connectivity index (χ4v) is 2.92. The summed E-state index contributed by atoms with van der Waals surface area (Å²) in [7, 11) is 1.55. The fraction of sp³-hybridized carbons (Fsp3) is 0.250. The van der Waals surface area contributed by atoms with E-state index < -0.39 is 0 Å². The zero-order chi connectivity index (χ0) is 16.3. The molecule has 0 aliphatic heterocycles. The molecular formula is C16H14BrClN2O2. The van der Waals surface area contributed by atoms with Crippen LogP contribution in [0.1, 0.15) is 23.7 Å². The number of hydrogen-bond donors (Lipinski definition) is 0. The Morgan fingerprint density at radius 1 is 1.36 bits per heavy atom. The highest BCUT2D eigenvalue weighted by Gasteiger charge is 2.18. The smallest absolute Gasteiger partial charge is 0.231 e. The van der Waals surface area contributed by atoms with Crippen molar-refractivity contribution in [2.75, 3.05) is 7.11 Å². The second kappa shape index (κ2) is 6.99. The van der Waals surface area contributed by atoms with Crippen LogP contribution >= 0.6 is 27.5 Å². The second-order valence-corrected chi connectivity index (χ2v) is 5.80. The van der Waals surface area contributed by atoms with Crippen LogP contribution in [0, 0.1) is 18.3 Å². The highest BCUT2D eigenvalue weighted by atomic mass is 79.9. The number of hydrogen-bond acceptors (Lipinski definition) is 4. The summed E-state index contributed by atoms with van der Waals surface area (Å²) in [5.74, 6) is 1.57. The van der Waals surface area contributed by atoms with Gasteiger partial charge in [-0.1, -0.05) is 18.5 Å². The average Bonchev–Trinajstić information content (AvgIpc) is 2.50. The van der Waals surface area contributed by atoms with Crippen molar-refractivity contribution in [1.29, 1.82) is 5.26 Å². The number of rotatable bonds is 4. The molecule has 114 valence electrons. The van der Waals surface area contributed by atoms with Gasteiger partial charge >= 0.3 is 0 Å². The highest BCUT2D eigenvalue weighted by molar-refractivity contribution is 9.10. The van der Waals surface area contributed by atoms with Crippen LogP contribution in [0.15, 0.2) is 22.7 Å². The van der Waals surface area contributed by atoms with Crippen molar-refractivity contribution in [2.24, 2.45) is 0 Å². The Morgan fingerprint density at radius 3 is 2.68 bits per heavy atom. The van der Waals surface area contributed by atoms with Gasteiger partial charge in [-0.05, 0) is 47.5 Å². The highest BCUT2D eigenvalue weighted by Crippen LogP contribution is 2.40. The summed E-state index contributed by atoms with van der Waals surface area (Å²) in [6.07, 6.45) is 0.752. The third kappa shape index (κ3) is 3.34. The van der Waals surface area contributed by atoms with E-state index in [1.54, 1.807) is 25.3 Å². The molecule has 1 heterocycles. The molecule has 0 aliphatic rings. The second-order valence-electron chi connectivity index (χ2n) is 4.57. The molecule has 0 bridgehead atoms. The van der Waals surface area contributed by atoms with Gasteiger partial charge in [0, 0.05) is 16.3 Å². The SMILES string of the molecule is CCc1c(C)nc(OC)c(Br)c1Oc1cc(Cl)cc(C#N)c1. The van der Waals surface area contributed by atoms with Gasteiger partial charge in [-0.15, -0.1) is 0 Å². The number of ether oxygens (including phenoxy) is 2. The zero-order valence-electron chi connectivity index (χ0n) is 12.4. The van der Waals surface area contributed by atoms with Crippen molar-refractivity contribution in [3.05, 3.63) is 44.5 Å². The van der Waals surface area contributed by atoms with E-state index in [2.05, 4.69) is 27.0 Å². The minimum Gasteiger partial charge on any atom is -0.480 e. The van der Waals surface area contributed by atoms with E-state index in [4.69, 9.17) is 26.3 Å². The molecule has 0 radical (unpaired) electrons. The van der Waals surface area contributed by atoms with E-state index in [0.717, 1.165) is 17.7 Å². The molecule has 0 saturated heterocycles. The largest absolute Gasteiger partial charge is 0.480 e. The maximum absolute atomic E-state index is 9.03. The summed E-state index contributed by atoms with van der Waals surface area (Å²) in [5, 5.41) is 9.48. The van der Waals surface area contributed by atoms with Gasteiger partial charge < -0.3 is 9.47 Å². The molecule has 2 aromatic rings. The van der Waals surface area contributed by atoms with Crippen molar-refractivity contribution in [3.63, 3.8) is 0 Å². The van der Waals surface area contributed by atoms with E-state index >= 15 is 0 Å². The molecule has 0 N–H and O–H groups in total. The summed E-state index contributed by atoms with van der Waals surface area (Å²) in [5.41, 5.74) is 2.24. The van der Waals surface area contributed by atoms with Gasteiger partial charge in [0.15, 0.2) is 5.75 Å². The Balaban J connectivity index is 2.55. The first-order chi connectivity index (χ1) is 10.5. The molecule has 1 aromatic carbocycles. The number of nitrogens with zero attached hydrogens (tertiary/aromatic N) is 2.